The number of piperidine rings is 1. The number of hydrogen-bond donors (Lipinski definition) is 2. The molecule has 0 radical (unpaired) electrons. The van der Waals surface area contributed by atoms with Gasteiger partial charge in [-0.1, -0.05) is 30.3 Å². The summed E-state index contributed by atoms with van der Waals surface area (Å²) in [6, 6.07) is 13.3. The summed E-state index contributed by atoms with van der Waals surface area (Å²) in [5.41, 5.74) is 1.09. The molecule has 0 aromatic heterocycles. The van der Waals surface area contributed by atoms with Crippen LogP contribution in [0.15, 0.2) is 48.5 Å². The maximum atomic E-state index is 13.0. The van der Waals surface area contributed by atoms with Crippen LogP contribution in [0.4, 0.5) is 13.2 Å². The van der Waals surface area contributed by atoms with Crippen LogP contribution in [-0.2, 0) is 12.7 Å². The third kappa shape index (κ3) is 4.37. The minimum atomic E-state index is -4.33. The molecule has 26 heavy (non-hydrogen) atoms. The van der Waals surface area contributed by atoms with Crippen molar-refractivity contribution >= 4 is 0 Å². The summed E-state index contributed by atoms with van der Waals surface area (Å²) in [7, 11) is 1.63. The molecule has 2 N–H and O–H groups in total. The van der Waals surface area contributed by atoms with Crippen molar-refractivity contribution in [3.8, 4) is 5.75 Å². The van der Waals surface area contributed by atoms with Crippen LogP contribution >= 0.6 is 0 Å². The smallest absolute Gasteiger partial charge is 0.416 e. The lowest BCUT2D eigenvalue weighted by Gasteiger charge is -2.34. The van der Waals surface area contributed by atoms with Gasteiger partial charge in [0.25, 0.3) is 0 Å². The summed E-state index contributed by atoms with van der Waals surface area (Å²) >= 11 is 0. The van der Waals surface area contributed by atoms with Crippen molar-refractivity contribution in [3.05, 3.63) is 65.2 Å². The summed E-state index contributed by atoms with van der Waals surface area (Å²) in [5.74, 6) is 0.805. The van der Waals surface area contributed by atoms with Crippen LogP contribution in [0, 0.1) is 0 Å². The van der Waals surface area contributed by atoms with Gasteiger partial charge in [-0.15, -0.1) is 0 Å². The van der Waals surface area contributed by atoms with Gasteiger partial charge in [-0.2, -0.15) is 13.2 Å². The Morgan fingerprint density at radius 1 is 1.15 bits per heavy atom. The fraction of sp³-hybridized carbons (Fsp3) is 0.400. The van der Waals surface area contributed by atoms with Gasteiger partial charge in [-0.3, -0.25) is 0 Å². The minimum absolute atomic E-state index is 0.0529. The zero-order valence-corrected chi connectivity index (χ0v) is 14.6. The number of benzene rings is 2. The Morgan fingerprint density at radius 3 is 2.73 bits per heavy atom. The van der Waals surface area contributed by atoms with E-state index in [2.05, 4.69) is 10.6 Å². The molecule has 0 unspecified atom stereocenters. The third-order valence-corrected chi connectivity index (χ3v) is 4.78. The van der Waals surface area contributed by atoms with E-state index in [0.717, 1.165) is 36.8 Å². The molecule has 0 bridgehead atoms. The molecule has 2 aromatic carbocycles. The highest BCUT2D eigenvalue weighted by atomic mass is 19.4. The highest BCUT2D eigenvalue weighted by Crippen LogP contribution is 2.32. The number of nitrogens with one attached hydrogen (secondary N) is 2. The molecule has 140 valence electrons. The largest absolute Gasteiger partial charge is 0.496 e. The van der Waals surface area contributed by atoms with E-state index >= 15 is 0 Å². The molecule has 0 amide bonds. The monoisotopic (exact) mass is 364 g/mol. The second-order valence-corrected chi connectivity index (χ2v) is 6.50. The van der Waals surface area contributed by atoms with E-state index in [-0.39, 0.29) is 12.1 Å². The van der Waals surface area contributed by atoms with Crippen LogP contribution < -0.4 is 15.4 Å². The highest BCUT2D eigenvalue weighted by molar-refractivity contribution is 5.33. The number of ether oxygens (including phenoxy) is 1. The molecule has 1 saturated heterocycles. The van der Waals surface area contributed by atoms with Gasteiger partial charge in [0.2, 0.25) is 0 Å². The first-order chi connectivity index (χ1) is 12.5. The van der Waals surface area contributed by atoms with Crippen molar-refractivity contribution in [2.75, 3.05) is 13.7 Å². The van der Waals surface area contributed by atoms with E-state index in [1.807, 2.05) is 24.3 Å². The molecule has 1 aliphatic heterocycles. The molecule has 1 heterocycles. The lowest BCUT2D eigenvalue weighted by atomic mass is 9.91. The molecule has 3 nitrogen and oxygen atoms in total. The van der Waals surface area contributed by atoms with E-state index in [9.17, 15) is 13.2 Å². The molecular weight excluding hydrogens is 341 g/mol. The molecule has 1 fully saturated rings. The number of rotatable bonds is 5. The van der Waals surface area contributed by atoms with Crippen LogP contribution in [0.1, 0.15) is 35.6 Å². The van der Waals surface area contributed by atoms with Gasteiger partial charge in [-0.05, 0) is 43.1 Å². The van der Waals surface area contributed by atoms with Crippen molar-refractivity contribution in [2.45, 2.75) is 37.6 Å². The Hall–Kier alpha value is -2.05. The Labute approximate surface area is 151 Å². The van der Waals surface area contributed by atoms with Gasteiger partial charge in [-0.25, -0.2) is 0 Å². The highest BCUT2D eigenvalue weighted by Gasteiger charge is 2.32. The second kappa shape index (κ2) is 8.10. The summed E-state index contributed by atoms with van der Waals surface area (Å²) in [4.78, 5) is 0. The summed E-state index contributed by atoms with van der Waals surface area (Å²) < 4.78 is 44.5. The van der Waals surface area contributed by atoms with Crippen molar-refractivity contribution < 1.29 is 17.9 Å². The van der Waals surface area contributed by atoms with Crippen molar-refractivity contribution in [2.24, 2.45) is 0 Å². The van der Waals surface area contributed by atoms with Gasteiger partial charge < -0.3 is 15.4 Å². The maximum absolute atomic E-state index is 13.0. The fourth-order valence-corrected chi connectivity index (χ4v) is 3.46. The van der Waals surface area contributed by atoms with E-state index in [1.165, 1.54) is 12.1 Å². The predicted molar refractivity (Wildman–Crippen MR) is 95.0 cm³/mol. The number of para-hydroxylation sites is 1. The Balaban J connectivity index is 1.76. The van der Waals surface area contributed by atoms with E-state index < -0.39 is 11.7 Å². The van der Waals surface area contributed by atoms with Crippen LogP contribution in [-0.4, -0.2) is 19.7 Å². The molecule has 0 spiro atoms. The van der Waals surface area contributed by atoms with Gasteiger partial charge in [0.05, 0.1) is 12.7 Å². The lowest BCUT2D eigenvalue weighted by molar-refractivity contribution is -0.137. The Morgan fingerprint density at radius 2 is 1.96 bits per heavy atom. The van der Waals surface area contributed by atoms with Crippen LogP contribution in [0.3, 0.4) is 0 Å². The molecule has 3 rings (SSSR count). The van der Waals surface area contributed by atoms with Crippen LogP contribution in [0.5, 0.6) is 5.75 Å². The number of alkyl halides is 3. The first-order valence-electron chi connectivity index (χ1n) is 8.75. The van der Waals surface area contributed by atoms with Gasteiger partial charge in [0.1, 0.15) is 5.75 Å². The van der Waals surface area contributed by atoms with Crippen molar-refractivity contribution in [1.82, 2.24) is 10.6 Å². The molecule has 1 aliphatic rings. The zero-order valence-electron chi connectivity index (χ0n) is 14.6. The van der Waals surface area contributed by atoms with Gasteiger partial charge >= 0.3 is 6.18 Å². The quantitative estimate of drug-likeness (QED) is 0.830. The van der Waals surface area contributed by atoms with Crippen molar-refractivity contribution in [3.63, 3.8) is 0 Å². The molecular formula is C20H23F3N2O. The normalized spacial score (nSPS) is 20.8. The van der Waals surface area contributed by atoms with E-state index in [0.29, 0.717) is 12.1 Å². The summed E-state index contributed by atoms with van der Waals surface area (Å²) in [6.45, 7) is 1.40. The molecule has 2 atom stereocenters. The Bertz CT molecular complexity index is 733. The topological polar surface area (TPSA) is 33.3 Å². The van der Waals surface area contributed by atoms with Gasteiger partial charge in [0, 0.05) is 24.2 Å². The predicted octanol–water partition coefficient (Wildman–Crippen LogP) is 4.30. The summed E-state index contributed by atoms with van der Waals surface area (Å²) in [5, 5.41) is 6.86. The maximum Gasteiger partial charge on any atom is 0.416 e. The lowest BCUT2D eigenvalue weighted by Crippen LogP contribution is -2.45. The van der Waals surface area contributed by atoms with Gasteiger partial charge in [0.15, 0.2) is 0 Å². The Kier molecular flexibility index (Phi) is 5.84. The first-order valence-corrected chi connectivity index (χ1v) is 8.75. The average molecular weight is 364 g/mol. The van der Waals surface area contributed by atoms with Crippen molar-refractivity contribution in [1.29, 1.82) is 0 Å². The van der Waals surface area contributed by atoms with E-state index in [4.69, 9.17) is 4.74 Å². The van der Waals surface area contributed by atoms with Crippen LogP contribution in [0.2, 0.25) is 0 Å². The molecule has 0 saturated carbocycles. The second-order valence-electron chi connectivity index (χ2n) is 6.50. The fourth-order valence-electron chi connectivity index (χ4n) is 3.46. The number of hydrogen-bond acceptors (Lipinski definition) is 3. The number of methoxy groups -OCH3 is 1. The number of halogens is 3. The molecule has 0 aliphatic carbocycles. The average Bonchev–Trinajstić information content (AvgIpc) is 2.66. The molecule has 6 heteroatoms. The van der Waals surface area contributed by atoms with Crippen LogP contribution in [0.25, 0.3) is 0 Å². The minimum Gasteiger partial charge on any atom is -0.496 e. The standard InChI is InChI=1S/C20H23F3N2O/c1-26-18-10-3-2-6-15(18)13-25-17-9-5-11-24-19(17)14-7-4-8-16(12-14)20(21,22)23/h2-4,6-8,10,12,17,19,24-25H,5,9,11,13H2,1H3/t17-,19-/m1/s1. The zero-order chi connectivity index (χ0) is 18.6. The third-order valence-electron chi connectivity index (χ3n) is 4.78. The summed E-state index contributed by atoms with van der Waals surface area (Å²) in [6.07, 6.45) is -2.44. The van der Waals surface area contributed by atoms with E-state index in [1.54, 1.807) is 13.2 Å². The molecule has 2 aromatic rings. The first kappa shape index (κ1) is 18.7. The SMILES string of the molecule is COc1ccccc1CN[C@@H]1CCCN[C@@H]1c1cccc(C(F)(F)F)c1.